The molecule has 2 N–H and O–H groups in total. The van der Waals surface area contributed by atoms with Gasteiger partial charge in [-0.25, -0.2) is 0 Å². The highest BCUT2D eigenvalue weighted by Gasteiger charge is 2.34. The molecular weight excluding hydrogens is 338 g/mol. The van der Waals surface area contributed by atoms with E-state index in [1.165, 1.54) is 6.92 Å². The van der Waals surface area contributed by atoms with Gasteiger partial charge in [0.05, 0.1) is 6.61 Å². The van der Waals surface area contributed by atoms with Gasteiger partial charge in [-0.15, -0.1) is 0 Å². The van der Waals surface area contributed by atoms with E-state index in [2.05, 4.69) is 5.32 Å². The van der Waals surface area contributed by atoms with E-state index in [9.17, 15) is 19.5 Å². The van der Waals surface area contributed by atoms with Gasteiger partial charge in [-0.1, -0.05) is 44.2 Å². The number of benzene rings is 1. The lowest BCUT2D eigenvalue weighted by molar-refractivity contribution is -0.151. The average Bonchev–Trinajstić information content (AvgIpc) is 2.62. The van der Waals surface area contributed by atoms with Crippen molar-refractivity contribution in [2.75, 3.05) is 13.2 Å². The van der Waals surface area contributed by atoms with E-state index in [1.54, 1.807) is 13.8 Å². The topological polar surface area (TPSA) is 102 Å². The second kappa shape index (κ2) is 10.6. The van der Waals surface area contributed by atoms with E-state index in [0.29, 0.717) is 6.42 Å². The molecule has 1 aromatic rings. The van der Waals surface area contributed by atoms with Crippen LogP contribution in [0.4, 0.5) is 0 Å². The molecule has 0 saturated carbocycles. The number of esters is 2. The minimum absolute atomic E-state index is 0.0667. The lowest BCUT2D eigenvalue weighted by Gasteiger charge is -2.28. The average molecular weight is 365 g/mol. The molecule has 0 aliphatic rings. The van der Waals surface area contributed by atoms with Crippen molar-refractivity contribution >= 4 is 17.8 Å². The Balaban J connectivity index is 2.24. The quantitative estimate of drug-likeness (QED) is 0.482. The number of nitrogens with one attached hydrogen (secondary N) is 1. The highest BCUT2D eigenvalue weighted by atomic mass is 16.5. The molecule has 0 heterocycles. The van der Waals surface area contributed by atoms with Crippen molar-refractivity contribution < 1.29 is 29.0 Å². The number of carbonyl (C=O) groups is 3. The van der Waals surface area contributed by atoms with E-state index in [-0.39, 0.29) is 32.1 Å². The SMILES string of the molecule is CC(=O)OCC(C)(C)C(O)C(=O)NCCCC(=O)OCc1ccccc1. The van der Waals surface area contributed by atoms with Crippen LogP contribution in [0.15, 0.2) is 30.3 Å². The van der Waals surface area contributed by atoms with Crippen LogP contribution in [0.5, 0.6) is 0 Å². The molecule has 1 aromatic carbocycles. The monoisotopic (exact) mass is 365 g/mol. The van der Waals surface area contributed by atoms with Gasteiger partial charge in [0.2, 0.25) is 5.91 Å². The van der Waals surface area contributed by atoms with Gasteiger partial charge in [-0.05, 0) is 12.0 Å². The zero-order chi connectivity index (χ0) is 19.6. The molecule has 1 unspecified atom stereocenters. The summed E-state index contributed by atoms with van der Waals surface area (Å²) >= 11 is 0. The van der Waals surface area contributed by atoms with Crippen LogP contribution in [-0.4, -0.2) is 42.2 Å². The van der Waals surface area contributed by atoms with Crippen LogP contribution in [-0.2, 0) is 30.5 Å². The molecule has 0 aliphatic heterocycles. The van der Waals surface area contributed by atoms with Gasteiger partial charge in [0, 0.05) is 25.3 Å². The summed E-state index contributed by atoms with van der Waals surface area (Å²) in [4.78, 5) is 34.5. The minimum Gasteiger partial charge on any atom is -0.465 e. The van der Waals surface area contributed by atoms with Crippen LogP contribution in [0, 0.1) is 5.41 Å². The Labute approximate surface area is 153 Å². The molecule has 7 heteroatoms. The highest BCUT2D eigenvalue weighted by molar-refractivity contribution is 5.81. The Morgan fingerprint density at radius 3 is 2.42 bits per heavy atom. The van der Waals surface area contributed by atoms with E-state index in [4.69, 9.17) is 9.47 Å². The van der Waals surface area contributed by atoms with Gasteiger partial charge < -0.3 is 19.9 Å². The standard InChI is InChI=1S/C19H27NO6/c1-14(21)26-13-19(2,3)17(23)18(24)20-11-7-10-16(22)25-12-15-8-5-4-6-9-15/h4-6,8-9,17,23H,7,10-13H2,1-3H3,(H,20,24). The van der Waals surface area contributed by atoms with Crippen molar-refractivity contribution in [2.24, 2.45) is 5.41 Å². The molecule has 26 heavy (non-hydrogen) atoms. The third kappa shape index (κ3) is 8.11. The fourth-order valence-corrected chi connectivity index (χ4v) is 2.07. The maximum Gasteiger partial charge on any atom is 0.306 e. The largest absolute Gasteiger partial charge is 0.465 e. The maximum atomic E-state index is 12.0. The van der Waals surface area contributed by atoms with Crippen molar-refractivity contribution in [1.82, 2.24) is 5.32 Å². The molecule has 0 aliphatic carbocycles. The second-order valence-electron chi connectivity index (χ2n) is 6.71. The van der Waals surface area contributed by atoms with Crippen LogP contribution >= 0.6 is 0 Å². The number of ether oxygens (including phenoxy) is 2. The molecule has 1 amide bonds. The number of amides is 1. The summed E-state index contributed by atoms with van der Waals surface area (Å²) < 4.78 is 10.0. The summed E-state index contributed by atoms with van der Waals surface area (Å²) in [5.41, 5.74) is -0.00281. The van der Waals surface area contributed by atoms with Gasteiger partial charge in [0.15, 0.2) is 0 Å². The normalized spacial score (nSPS) is 12.2. The van der Waals surface area contributed by atoms with E-state index in [0.717, 1.165) is 5.56 Å². The summed E-state index contributed by atoms with van der Waals surface area (Å²) in [5, 5.41) is 12.7. The zero-order valence-electron chi connectivity index (χ0n) is 15.5. The molecule has 0 saturated heterocycles. The molecule has 0 fully saturated rings. The number of aliphatic hydroxyl groups excluding tert-OH is 1. The van der Waals surface area contributed by atoms with Crippen LogP contribution in [0.3, 0.4) is 0 Å². The molecule has 1 atom stereocenters. The second-order valence-corrected chi connectivity index (χ2v) is 6.71. The Bertz CT molecular complexity index is 599. The minimum atomic E-state index is -1.33. The van der Waals surface area contributed by atoms with Gasteiger partial charge in [0.1, 0.15) is 12.7 Å². The van der Waals surface area contributed by atoms with E-state index >= 15 is 0 Å². The third-order valence-corrected chi connectivity index (χ3v) is 3.74. The molecule has 7 nitrogen and oxygen atoms in total. The highest BCUT2D eigenvalue weighted by Crippen LogP contribution is 2.21. The molecule has 0 radical (unpaired) electrons. The van der Waals surface area contributed by atoms with Crippen molar-refractivity contribution in [3.63, 3.8) is 0 Å². The summed E-state index contributed by atoms with van der Waals surface area (Å²) in [5.74, 6) is -1.39. The Hall–Kier alpha value is -2.41. The van der Waals surface area contributed by atoms with Crippen molar-refractivity contribution in [3.8, 4) is 0 Å². The number of hydrogen-bond acceptors (Lipinski definition) is 6. The van der Waals surface area contributed by atoms with Crippen LogP contribution in [0.25, 0.3) is 0 Å². The van der Waals surface area contributed by atoms with Gasteiger partial charge >= 0.3 is 11.9 Å². The van der Waals surface area contributed by atoms with Gasteiger partial charge in [-0.3, -0.25) is 14.4 Å². The smallest absolute Gasteiger partial charge is 0.306 e. The summed E-state index contributed by atoms with van der Waals surface area (Å²) in [6, 6.07) is 9.36. The summed E-state index contributed by atoms with van der Waals surface area (Å²) in [6.07, 6.45) is -0.761. The predicted molar refractivity (Wildman–Crippen MR) is 94.9 cm³/mol. The Morgan fingerprint density at radius 2 is 1.81 bits per heavy atom. The molecule has 0 spiro atoms. The lowest BCUT2D eigenvalue weighted by atomic mass is 9.87. The summed E-state index contributed by atoms with van der Waals surface area (Å²) in [7, 11) is 0. The van der Waals surface area contributed by atoms with E-state index < -0.39 is 23.4 Å². The van der Waals surface area contributed by atoms with Crippen LogP contribution in [0.1, 0.15) is 39.2 Å². The molecule has 0 bridgehead atoms. The van der Waals surface area contributed by atoms with Crippen LogP contribution in [0.2, 0.25) is 0 Å². The Kier molecular flexibility index (Phi) is 8.78. The maximum absolute atomic E-state index is 12.0. The molecule has 1 rings (SSSR count). The summed E-state index contributed by atoms with van der Waals surface area (Å²) in [6.45, 7) is 4.90. The fourth-order valence-electron chi connectivity index (χ4n) is 2.07. The predicted octanol–water partition coefficient (Wildman–Crippen LogP) is 1.58. The number of hydrogen-bond donors (Lipinski definition) is 2. The fraction of sp³-hybridized carbons (Fsp3) is 0.526. The molecule has 144 valence electrons. The molecule has 0 aromatic heterocycles. The first-order valence-corrected chi connectivity index (χ1v) is 8.51. The number of rotatable bonds is 10. The van der Waals surface area contributed by atoms with Crippen LogP contribution < -0.4 is 5.32 Å². The molecular formula is C19H27NO6. The number of carbonyl (C=O) groups excluding carboxylic acids is 3. The van der Waals surface area contributed by atoms with E-state index in [1.807, 2.05) is 30.3 Å². The Morgan fingerprint density at radius 1 is 1.15 bits per heavy atom. The number of aliphatic hydroxyl groups is 1. The van der Waals surface area contributed by atoms with Crippen molar-refractivity contribution in [1.29, 1.82) is 0 Å². The van der Waals surface area contributed by atoms with Gasteiger partial charge in [-0.2, -0.15) is 0 Å². The van der Waals surface area contributed by atoms with Crippen molar-refractivity contribution in [2.45, 2.75) is 46.3 Å². The third-order valence-electron chi connectivity index (χ3n) is 3.74. The van der Waals surface area contributed by atoms with Crippen molar-refractivity contribution in [3.05, 3.63) is 35.9 Å². The van der Waals surface area contributed by atoms with Gasteiger partial charge in [0.25, 0.3) is 0 Å². The first-order valence-electron chi connectivity index (χ1n) is 8.51. The lowest BCUT2D eigenvalue weighted by Crippen LogP contribution is -2.46. The zero-order valence-corrected chi connectivity index (χ0v) is 15.5. The first-order chi connectivity index (χ1) is 12.2. The first kappa shape index (κ1) is 21.6.